The highest BCUT2D eigenvalue weighted by atomic mass is 16.5. The second-order valence-electron chi connectivity index (χ2n) is 6.18. The van der Waals surface area contributed by atoms with Crippen molar-refractivity contribution in [3.8, 4) is 5.75 Å². The summed E-state index contributed by atoms with van der Waals surface area (Å²) in [5.41, 5.74) is 3.88. The molecule has 1 N–H and O–H groups in total. The quantitative estimate of drug-likeness (QED) is 0.558. The van der Waals surface area contributed by atoms with Gasteiger partial charge in [-0.2, -0.15) is 0 Å². The zero-order valence-corrected chi connectivity index (χ0v) is 14.5. The third-order valence-corrected chi connectivity index (χ3v) is 4.16. The molecule has 2 nitrogen and oxygen atoms in total. The molecule has 128 valence electrons. The molecule has 3 aromatic rings. The maximum Gasteiger partial charge on any atom is 0.119 e. The van der Waals surface area contributed by atoms with Crippen LogP contribution in [0.1, 0.15) is 23.1 Å². The molecule has 0 atom stereocenters. The molecule has 0 aliphatic rings. The molecule has 0 bridgehead atoms. The number of ether oxygens (including phenoxy) is 1. The van der Waals surface area contributed by atoms with Gasteiger partial charge in [0.25, 0.3) is 0 Å². The van der Waals surface area contributed by atoms with E-state index in [9.17, 15) is 0 Å². The van der Waals surface area contributed by atoms with Crippen LogP contribution in [0.3, 0.4) is 0 Å². The van der Waals surface area contributed by atoms with Gasteiger partial charge in [0.1, 0.15) is 12.4 Å². The molecule has 25 heavy (non-hydrogen) atoms. The number of hydrogen-bond donors (Lipinski definition) is 1. The topological polar surface area (TPSA) is 21.3 Å². The monoisotopic (exact) mass is 331 g/mol. The average Bonchev–Trinajstić information content (AvgIpc) is 2.69. The minimum atomic E-state index is 0.609. The second kappa shape index (κ2) is 9.65. The van der Waals surface area contributed by atoms with Gasteiger partial charge in [-0.05, 0) is 48.2 Å². The van der Waals surface area contributed by atoms with Gasteiger partial charge in [-0.25, -0.2) is 0 Å². The Balaban J connectivity index is 1.35. The van der Waals surface area contributed by atoms with E-state index >= 15 is 0 Å². The van der Waals surface area contributed by atoms with Crippen molar-refractivity contribution in [1.82, 2.24) is 5.32 Å². The van der Waals surface area contributed by atoms with Crippen LogP contribution < -0.4 is 10.1 Å². The lowest BCUT2D eigenvalue weighted by Gasteiger charge is -2.08. The first kappa shape index (κ1) is 17.2. The Morgan fingerprint density at radius 2 is 1.28 bits per heavy atom. The summed E-state index contributed by atoms with van der Waals surface area (Å²) >= 11 is 0. The molecule has 0 spiro atoms. The Morgan fingerprint density at radius 1 is 0.640 bits per heavy atom. The summed E-state index contributed by atoms with van der Waals surface area (Å²) in [5, 5.41) is 3.51. The Kier molecular flexibility index (Phi) is 6.66. The highest BCUT2D eigenvalue weighted by Gasteiger charge is 1.98. The van der Waals surface area contributed by atoms with Gasteiger partial charge in [-0.1, -0.05) is 72.8 Å². The lowest BCUT2D eigenvalue weighted by atomic mass is 10.1. The molecule has 0 saturated carbocycles. The Hall–Kier alpha value is -2.58. The fraction of sp³-hybridized carbons (Fsp3) is 0.217. The predicted molar refractivity (Wildman–Crippen MR) is 104 cm³/mol. The van der Waals surface area contributed by atoms with E-state index in [1.165, 1.54) is 16.7 Å². The van der Waals surface area contributed by atoms with E-state index in [-0.39, 0.29) is 0 Å². The molecule has 0 unspecified atom stereocenters. The first-order valence-corrected chi connectivity index (χ1v) is 8.90. The molecule has 0 aliphatic heterocycles. The normalized spacial score (nSPS) is 10.6. The number of aryl methyl sites for hydroxylation is 1. The number of hydrogen-bond acceptors (Lipinski definition) is 2. The van der Waals surface area contributed by atoms with Gasteiger partial charge in [0, 0.05) is 6.54 Å². The standard InChI is InChI=1S/C23H25NO/c1-3-8-20(9-4-1)12-7-17-24-18-21-13-15-23(16-14-21)25-19-22-10-5-2-6-11-22/h1-6,8-11,13-16,24H,7,12,17-19H2. The molecule has 2 heteroatoms. The van der Waals surface area contributed by atoms with Gasteiger partial charge in [0.05, 0.1) is 0 Å². The van der Waals surface area contributed by atoms with Crippen molar-refractivity contribution in [1.29, 1.82) is 0 Å². The van der Waals surface area contributed by atoms with Crippen molar-refractivity contribution in [3.63, 3.8) is 0 Å². The Bertz CT molecular complexity index is 723. The predicted octanol–water partition coefficient (Wildman–Crippen LogP) is 4.99. The van der Waals surface area contributed by atoms with Crippen molar-refractivity contribution in [2.45, 2.75) is 26.0 Å². The van der Waals surface area contributed by atoms with Crippen LogP contribution >= 0.6 is 0 Å². The third kappa shape index (κ3) is 6.09. The van der Waals surface area contributed by atoms with Crippen molar-refractivity contribution in [2.24, 2.45) is 0 Å². The van der Waals surface area contributed by atoms with Crippen molar-refractivity contribution in [2.75, 3.05) is 6.54 Å². The number of rotatable bonds is 9. The van der Waals surface area contributed by atoms with Crippen LogP contribution in [0.5, 0.6) is 5.75 Å². The van der Waals surface area contributed by atoms with Crippen LogP contribution in [0, 0.1) is 0 Å². The fourth-order valence-corrected chi connectivity index (χ4v) is 2.74. The summed E-state index contributed by atoms with van der Waals surface area (Å²) in [6.07, 6.45) is 2.28. The first-order chi connectivity index (χ1) is 12.4. The van der Waals surface area contributed by atoms with E-state index in [1.54, 1.807) is 0 Å². The van der Waals surface area contributed by atoms with E-state index in [0.717, 1.165) is 31.7 Å². The Morgan fingerprint density at radius 3 is 1.96 bits per heavy atom. The number of benzene rings is 3. The minimum absolute atomic E-state index is 0.609. The third-order valence-electron chi connectivity index (χ3n) is 4.16. The van der Waals surface area contributed by atoms with Crippen LogP contribution in [-0.4, -0.2) is 6.54 Å². The molecule has 3 aromatic carbocycles. The largest absolute Gasteiger partial charge is 0.489 e. The molecule has 0 radical (unpaired) electrons. The molecule has 0 heterocycles. The van der Waals surface area contributed by atoms with Crippen LogP contribution in [-0.2, 0) is 19.6 Å². The van der Waals surface area contributed by atoms with Gasteiger partial charge in [0.15, 0.2) is 0 Å². The van der Waals surface area contributed by atoms with Gasteiger partial charge in [0.2, 0.25) is 0 Å². The summed E-state index contributed by atoms with van der Waals surface area (Å²) in [6.45, 7) is 2.53. The van der Waals surface area contributed by atoms with Gasteiger partial charge in [-0.3, -0.25) is 0 Å². The smallest absolute Gasteiger partial charge is 0.119 e. The van der Waals surface area contributed by atoms with E-state index < -0.39 is 0 Å². The van der Waals surface area contributed by atoms with E-state index in [1.807, 2.05) is 30.3 Å². The van der Waals surface area contributed by atoms with Crippen LogP contribution in [0.25, 0.3) is 0 Å². The van der Waals surface area contributed by atoms with Gasteiger partial charge in [-0.15, -0.1) is 0 Å². The molecule has 0 fully saturated rings. The van der Waals surface area contributed by atoms with Crippen LogP contribution in [0.4, 0.5) is 0 Å². The summed E-state index contributed by atoms with van der Waals surface area (Å²) in [6, 6.07) is 29.2. The van der Waals surface area contributed by atoms with E-state index in [2.05, 4.69) is 59.9 Å². The van der Waals surface area contributed by atoms with E-state index in [4.69, 9.17) is 4.74 Å². The molecule has 3 rings (SSSR count). The molecule has 0 aromatic heterocycles. The SMILES string of the molecule is c1ccc(CCCNCc2ccc(OCc3ccccc3)cc2)cc1. The van der Waals surface area contributed by atoms with E-state index in [0.29, 0.717) is 6.61 Å². The minimum Gasteiger partial charge on any atom is -0.489 e. The molecule has 0 saturated heterocycles. The van der Waals surface area contributed by atoms with Crippen molar-refractivity contribution in [3.05, 3.63) is 102 Å². The summed E-state index contributed by atoms with van der Waals surface area (Å²) < 4.78 is 5.82. The molecule has 0 aliphatic carbocycles. The van der Waals surface area contributed by atoms with Gasteiger partial charge < -0.3 is 10.1 Å². The van der Waals surface area contributed by atoms with Crippen LogP contribution in [0.15, 0.2) is 84.9 Å². The molecule has 0 amide bonds. The van der Waals surface area contributed by atoms with Crippen LogP contribution in [0.2, 0.25) is 0 Å². The average molecular weight is 331 g/mol. The van der Waals surface area contributed by atoms with Crippen molar-refractivity contribution >= 4 is 0 Å². The maximum absolute atomic E-state index is 5.82. The summed E-state index contributed by atoms with van der Waals surface area (Å²) in [5.74, 6) is 0.914. The lowest BCUT2D eigenvalue weighted by Crippen LogP contribution is -2.15. The van der Waals surface area contributed by atoms with Crippen molar-refractivity contribution < 1.29 is 4.74 Å². The van der Waals surface area contributed by atoms with Gasteiger partial charge >= 0.3 is 0 Å². The fourth-order valence-electron chi connectivity index (χ4n) is 2.74. The first-order valence-electron chi connectivity index (χ1n) is 8.90. The summed E-state index contributed by atoms with van der Waals surface area (Å²) in [4.78, 5) is 0. The number of nitrogens with one attached hydrogen (secondary N) is 1. The Labute approximate surface area is 150 Å². The molecular weight excluding hydrogens is 306 g/mol. The highest BCUT2D eigenvalue weighted by molar-refractivity contribution is 5.27. The summed E-state index contributed by atoms with van der Waals surface area (Å²) in [7, 11) is 0. The zero-order chi connectivity index (χ0) is 17.2. The zero-order valence-electron chi connectivity index (χ0n) is 14.5. The molecular formula is C23H25NO. The maximum atomic E-state index is 5.82. The lowest BCUT2D eigenvalue weighted by molar-refractivity contribution is 0.306. The second-order valence-corrected chi connectivity index (χ2v) is 6.18. The highest BCUT2D eigenvalue weighted by Crippen LogP contribution is 2.14.